The minimum atomic E-state index is -0.569. The van der Waals surface area contributed by atoms with E-state index in [4.69, 9.17) is 14.6 Å². The highest BCUT2D eigenvalue weighted by Crippen LogP contribution is 2.39. The summed E-state index contributed by atoms with van der Waals surface area (Å²) in [6.07, 6.45) is 1.96. The van der Waals surface area contributed by atoms with Gasteiger partial charge in [-0.25, -0.2) is 13.9 Å². The predicted molar refractivity (Wildman–Crippen MR) is 143 cm³/mol. The molecule has 1 N–H and O–H groups in total. The summed E-state index contributed by atoms with van der Waals surface area (Å²) in [6.45, 7) is 2.34. The van der Waals surface area contributed by atoms with Crippen LogP contribution in [0.4, 0.5) is 14.9 Å². The molecule has 0 fully saturated rings. The Kier molecular flexibility index (Phi) is 5.36. The number of amides is 2. The second-order valence-corrected chi connectivity index (χ2v) is 9.52. The van der Waals surface area contributed by atoms with Crippen molar-refractivity contribution in [1.29, 1.82) is 0 Å². The smallest absolute Gasteiger partial charge is 0.322 e. The monoisotopic (exact) mass is 521 g/mol. The molecule has 8 nitrogen and oxygen atoms in total. The van der Waals surface area contributed by atoms with E-state index in [1.54, 1.807) is 29.2 Å². The molecule has 0 spiro atoms. The number of ether oxygens (including phenoxy) is 2. The maximum absolute atomic E-state index is 14.5. The molecule has 194 valence electrons. The number of halogens is 1. The third-order valence-electron chi connectivity index (χ3n) is 7.14. The van der Waals surface area contributed by atoms with Crippen LogP contribution in [0.3, 0.4) is 0 Å². The molecule has 2 aliphatic rings. The molecule has 2 aromatic heterocycles. The zero-order valence-corrected chi connectivity index (χ0v) is 21.0. The van der Waals surface area contributed by atoms with E-state index in [9.17, 15) is 9.18 Å². The predicted octanol–water partition coefficient (Wildman–Crippen LogP) is 5.98. The van der Waals surface area contributed by atoms with E-state index < -0.39 is 6.04 Å². The number of carbonyl (C=O) groups excluding carboxylic acids is 1. The van der Waals surface area contributed by atoms with Gasteiger partial charge < -0.3 is 24.3 Å². The van der Waals surface area contributed by atoms with Gasteiger partial charge >= 0.3 is 6.03 Å². The number of para-hydroxylation sites is 1. The van der Waals surface area contributed by atoms with E-state index in [1.807, 2.05) is 70.9 Å². The van der Waals surface area contributed by atoms with Crippen molar-refractivity contribution in [3.63, 3.8) is 0 Å². The first-order valence-corrected chi connectivity index (χ1v) is 12.6. The summed E-state index contributed by atoms with van der Waals surface area (Å²) in [5, 5.41) is 7.88. The molecule has 2 aliphatic heterocycles. The SMILES string of the molecule is Cc1nn(-c2ccccc2)c2c1CN(C(=O)Nc1ccc3c(c1)OCO3)[C@H](c1cccc(F)c1)c1cccn1-2. The lowest BCUT2D eigenvalue weighted by Crippen LogP contribution is -2.38. The van der Waals surface area contributed by atoms with Crippen molar-refractivity contribution in [1.82, 2.24) is 19.2 Å². The van der Waals surface area contributed by atoms with Gasteiger partial charge in [0.2, 0.25) is 6.79 Å². The summed E-state index contributed by atoms with van der Waals surface area (Å²) < 4.78 is 29.4. The molecular formula is C30H24FN5O3. The molecule has 0 saturated carbocycles. The Morgan fingerprint density at radius 2 is 1.82 bits per heavy atom. The van der Waals surface area contributed by atoms with Crippen LogP contribution in [-0.2, 0) is 6.54 Å². The van der Waals surface area contributed by atoms with Gasteiger partial charge in [0.15, 0.2) is 11.5 Å². The van der Waals surface area contributed by atoms with Crippen molar-refractivity contribution in [2.75, 3.05) is 12.1 Å². The number of aryl methyl sites for hydroxylation is 1. The van der Waals surface area contributed by atoms with Crippen LogP contribution in [0.15, 0.2) is 91.1 Å². The maximum Gasteiger partial charge on any atom is 0.322 e. The number of rotatable bonds is 3. The molecule has 0 saturated heterocycles. The Morgan fingerprint density at radius 3 is 2.67 bits per heavy atom. The summed E-state index contributed by atoms with van der Waals surface area (Å²) in [5.41, 5.74) is 4.65. The van der Waals surface area contributed by atoms with Gasteiger partial charge in [0, 0.05) is 23.5 Å². The van der Waals surface area contributed by atoms with Crippen LogP contribution in [0, 0.1) is 12.7 Å². The Labute approximate surface area is 223 Å². The Balaban J connectivity index is 1.38. The topological polar surface area (TPSA) is 73.6 Å². The van der Waals surface area contributed by atoms with E-state index in [0.29, 0.717) is 22.7 Å². The van der Waals surface area contributed by atoms with Crippen molar-refractivity contribution in [3.8, 4) is 23.0 Å². The number of carbonyl (C=O) groups is 1. The lowest BCUT2D eigenvalue weighted by Gasteiger charge is -2.31. The largest absolute Gasteiger partial charge is 0.454 e. The number of nitrogens with zero attached hydrogens (tertiary/aromatic N) is 4. The highest BCUT2D eigenvalue weighted by molar-refractivity contribution is 5.90. The minimum absolute atomic E-state index is 0.144. The standard InChI is InChI=1S/C30H24FN5O3/c1-19-24-17-35(30(37)32-22-12-13-26-27(16-22)39-18-38-26)28(20-7-5-8-21(31)15-20)25-11-6-14-34(25)29(24)36(33-19)23-9-3-2-4-10-23/h2-16,28H,17-18H2,1H3,(H,32,37)/t28-/m1/s1. The highest BCUT2D eigenvalue weighted by atomic mass is 19.1. The van der Waals surface area contributed by atoms with Crippen molar-refractivity contribution in [2.45, 2.75) is 19.5 Å². The zero-order chi connectivity index (χ0) is 26.5. The van der Waals surface area contributed by atoms with Crippen LogP contribution in [0.1, 0.15) is 28.6 Å². The van der Waals surface area contributed by atoms with Gasteiger partial charge in [0.25, 0.3) is 0 Å². The number of aromatic nitrogens is 3. The summed E-state index contributed by atoms with van der Waals surface area (Å²) in [7, 11) is 0. The molecule has 9 heteroatoms. The van der Waals surface area contributed by atoms with Gasteiger partial charge in [0.1, 0.15) is 11.6 Å². The van der Waals surface area contributed by atoms with Crippen LogP contribution >= 0.6 is 0 Å². The van der Waals surface area contributed by atoms with E-state index in [1.165, 1.54) is 12.1 Å². The molecule has 0 bridgehead atoms. The second-order valence-electron chi connectivity index (χ2n) is 9.52. The van der Waals surface area contributed by atoms with Gasteiger partial charge in [-0.15, -0.1) is 0 Å². The molecule has 2 amide bonds. The van der Waals surface area contributed by atoms with E-state index >= 15 is 0 Å². The van der Waals surface area contributed by atoms with Gasteiger partial charge in [-0.3, -0.25) is 0 Å². The lowest BCUT2D eigenvalue weighted by molar-refractivity contribution is 0.174. The number of hydrogen-bond donors (Lipinski definition) is 1. The van der Waals surface area contributed by atoms with Gasteiger partial charge in [0.05, 0.1) is 29.7 Å². The molecule has 5 aromatic rings. The fraction of sp³-hybridized carbons (Fsp3) is 0.133. The van der Waals surface area contributed by atoms with Gasteiger partial charge in [-0.05, 0) is 61.0 Å². The zero-order valence-electron chi connectivity index (χ0n) is 21.0. The second kappa shape index (κ2) is 9.05. The number of benzene rings is 3. The quantitative estimate of drug-likeness (QED) is 0.317. The minimum Gasteiger partial charge on any atom is -0.454 e. The third-order valence-corrected chi connectivity index (χ3v) is 7.14. The molecule has 4 heterocycles. The molecular weight excluding hydrogens is 497 g/mol. The number of hydrogen-bond acceptors (Lipinski definition) is 4. The normalized spacial score (nSPS) is 15.4. The first kappa shape index (κ1) is 23.1. The lowest BCUT2D eigenvalue weighted by atomic mass is 10.0. The van der Waals surface area contributed by atoms with Crippen LogP contribution in [0.5, 0.6) is 11.5 Å². The Morgan fingerprint density at radius 1 is 0.974 bits per heavy atom. The molecule has 1 atom stereocenters. The first-order valence-electron chi connectivity index (χ1n) is 12.6. The average molecular weight is 522 g/mol. The van der Waals surface area contributed by atoms with Crippen LogP contribution in [0.2, 0.25) is 0 Å². The van der Waals surface area contributed by atoms with Crippen molar-refractivity contribution >= 4 is 11.7 Å². The molecule has 39 heavy (non-hydrogen) atoms. The number of urea groups is 1. The van der Waals surface area contributed by atoms with Crippen molar-refractivity contribution < 1.29 is 18.7 Å². The Bertz CT molecular complexity index is 1710. The maximum atomic E-state index is 14.5. The van der Waals surface area contributed by atoms with Crippen LogP contribution < -0.4 is 14.8 Å². The number of nitrogens with one attached hydrogen (secondary N) is 1. The van der Waals surface area contributed by atoms with E-state index in [-0.39, 0.29) is 25.2 Å². The number of fused-ring (bicyclic) bond motifs is 4. The van der Waals surface area contributed by atoms with E-state index in [2.05, 4.69) is 5.32 Å². The fourth-order valence-corrected chi connectivity index (χ4v) is 5.35. The fourth-order valence-electron chi connectivity index (χ4n) is 5.35. The summed E-state index contributed by atoms with van der Waals surface area (Å²) in [4.78, 5) is 15.8. The third kappa shape index (κ3) is 3.90. The molecule has 0 radical (unpaired) electrons. The van der Waals surface area contributed by atoms with E-state index in [0.717, 1.165) is 28.5 Å². The highest BCUT2D eigenvalue weighted by Gasteiger charge is 2.36. The van der Waals surface area contributed by atoms with Gasteiger partial charge in [-0.1, -0.05) is 30.3 Å². The molecule has 3 aromatic carbocycles. The Hall–Kier alpha value is -5.05. The van der Waals surface area contributed by atoms with Crippen molar-refractivity contribution in [2.24, 2.45) is 0 Å². The van der Waals surface area contributed by atoms with Crippen LogP contribution in [0.25, 0.3) is 11.5 Å². The molecule has 0 unspecified atom stereocenters. The molecule has 7 rings (SSSR count). The summed E-state index contributed by atoms with van der Waals surface area (Å²) >= 11 is 0. The first-order chi connectivity index (χ1) is 19.1. The van der Waals surface area contributed by atoms with Crippen molar-refractivity contribution in [3.05, 3.63) is 119 Å². The van der Waals surface area contributed by atoms with Crippen LogP contribution in [-0.4, -0.2) is 32.1 Å². The summed E-state index contributed by atoms with van der Waals surface area (Å²) in [5.74, 6) is 1.68. The average Bonchev–Trinajstić information content (AvgIpc) is 3.66. The number of anilines is 1. The summed E-state index contributed by atoms with van der Waals surface area (Å²) in [6, 6.07) is 24.5. The van der Waals surface area contributed by atoms with Gasteiger partial charge in [-0.2, -0.15) is 5.10 Å². The molecule has 0 aliphatic carbocycles.